The second kappa shape index (κ2) is 7.97. The third-order valence-electron chi connectivity index (χ3n) is 1.56. The van der Waals surface area contributed by atoms with Gasteiger partial charge in [0.05, 0.1) is 13.2 Å². The van der Waals surface area contributed by atoms with Crippen LogP contribution in [-0.2, 0) is 9.63 Å². The number of hydrogen-bond donors (Lipinski definition) is 3. The molecule has 5 nitrogen and oxygen atoms in total. The summed E-state index contributed by atoms with van der Waals surface area (Å²) < 4.78 is 0. The van der Waals surface area contributed by atoms with Crippen LogP contribution in [-0.4, -0.2) is 35.4 Å². The molecule has 5 heteroatoms. The normalized spacial score (nSPS) is 12.8. The molecule has 0 spiro atoms. The van der Waals surface area contributed by atoms with Gasteiger partial charge in [-0.1, -0.05) is 19.8 Å². The molecule has 0 fully saturated rings. The van der Waals surface area contributed by atoms with Gasteiger partial charge in [-0.3, -0.25) is 4.79 Å². The Morgan fingerprint density at radius 2 is 2.23 bits per heavy atom. The number of hydrogen-bond acceptors (Lipinski definition) is 4. The van der Waals surface area contributed by atoms with Gasteiger partial charge in [-0.25, -0.2) is 0 Å². The third-order valence-corrected chi connectivity index (χ3v) is 1.56. The van der Waals surface area contributed by atoms with Crippen LogP contribution >= 0.6 is 0 Å². The van der Waals surface area contributed by atoms with Crippen molar-refractivity contribution < 1.29 is 19.8 Å². The summed E-state index contributed by atoms with van der Waals surface area (Å²) in [6.45, 7) is 2.07. The maximum absolute atomic E-state index is 10.3. The summed E-state index contributed by atoms with van der Waals surface area (Å²) in [5.41, 5.74) is 2.28. The number of unbranched alkanes of at least 4 members (excludes halogenated alkanes) is 2. The van der Waals surface area contributed by atoms with E-state index in [1.165, 1.54) is 0 Å². The van der Waals surface area contributed by atoms with Gasteiger partial charge in [-0.2, -0.15) is 5.48 Å². The molecule has 0 aliphatic rings. The maximum Gasteiger partial charge on any atom is 0.325 e. The summed E-state index contributed by atoms with van der Waals surface area (Å²) in [6.07, 6.45) is 3.03. The number of rotatable bonds is 8. The summed E-state index contributed by atoms with van der Waals surface area (Å²) >= 11 is 0. The topological polar surface area (TPSA) is 78.8 Å². The third kappa shape index (κ3) is 6.51. The van der Waals surface area contributed by atoms with E-state index in [1.807, 2.05) is 0 Å². The number of aliphatic carboxylic acids is 1. The highest BCUT2D eigenvalue weighted by Crippen LogP contribution is 1.93. The number of carboxylic acid groups (broad SMARTS) is 1. The zero-order valence-electron chi connectivity index (χ0n) is 7.82. The van der Waals surface area contributed by atoms with Gasteiger partial charge >= 0.3 is 5.97 Å². The van der Waals surface area contributed by atoms with E-state index in [1.54, 1.807) is 0 Å². The SMILES string of the molecule is CCCCCON[C@@H](CO)C(=O)O. The first kappa shape index (κ1) is 12.3. The predicted octanol–water partition coefficient (Wildman–Crippen LogP) is 0.143. The van der Waals surface area contributed by atoms with E-state index < -0.39 is 18.6 Å². The lowest BCUT2D eigenvalue weighted by molar-refractivity contribution is -0.145. The highest BCUT2D eigenvalue weighted by Gasteiger charge is 2.14. The van der Waals surface area contributed by atoms with Crippen LogP contribution in [0.4, 0.5) is 0 Å². The minimum Gasteiger partial charge on any atom is -0.480 e. The zero-order chi connectivity index (χ0) is 10.1. The quantitative estimate of drug-likeness (QED) is 0.376. The number of aliphatic hydroxyl groups excluding tert-OH is 1. The fraction of sp³-hybridized carbons (Fsp3) is 0.875. The largest absolute Gasteiger partial charge is 0.480 e. The van der Waals surface area contributed by atoms with Crippen molar-refractivity contribution >= 4 is 5.97 Å². The molecule has 0 rings (SSSR count). The minimum atomic E-state index is -1.11. The van der Waals surface area contributed by atoms with Crippen LogP contribution in [0.1, 0.15) is 26.2 Å². The highest BCUT2D eigenvalue weighted by atomic mass is 16.6. The van der Waals surface area contributed by atoms with Crippen LogP contribution in [0.3, 0.4) is 0 Å². The van der Waals surface area contributed by atoms with E-state index in [2.05, 4.69) is 12.4 Å². The number of carboxylic acids is 1. The molecule has 0 saturated carbocycles. The van der Waals surface area contributed by atoms with E-state index in [-0.39, 0.29) is 0 Å². The van der Waals surface area contributed by atoms with Gasteiger partial charge < -0.3 is 15.1 Å². The molecule has 0 amide bonds. The van der Waals surface area contributed by atoms with Crippen LogP contribution in [0.5, 0.6) is 0 Å². The number of nitrogens with one attached hydrogen (secondary N) is 1. The average Bonchev–Trinajstić information content (AvgIpc) is 2.10. The summed E-state index contributed by atoms with van der Waals surface area (Å²) in [5, 5.41) is 17.0. The predicted molar refractivity (Wildman–Crippen MR) is 47.1 cm³/mol. The molecule has 0 radical (unpaired) electrons. The molecule has 78 valence electrons. The Morgan fingerprint density at radius 3 is 2.69 bits per heavy atom. The van der Waals surface area contributed by atoms with E-state index >= 15 is 0 Å². The number of hydroxylamine groups is 1. The van der Waals surface area contributed by atoms with Crippen molar-refractivity contribution in [3.63, 3.8) is 0 Å². The maximum atomic E-state index is 10.3. The summed E-state index contributed by atoms with van der Waals surface area (Å²) in [5.74, 6) is -1.11. The second-order valence-electron chi connectivity index (χ2n) is 2.75. The van der Waals surface area contributed by atoms with Gasteiger partial charge in [-0.05, 0) is 6.42 Å². The molecular weight excluding hydrogens is 174 g/mol. The Labute approximate surface area is 77.7 Å². The molecule has 1 atom stereocenters. The first-order valence-corrected chi connectivity index (χ1v) is 4.43. The van der Waals surface area contributed by atoms with E-state index in [9.17, 15) is 4.79 Å². The van der Waals surface area contributed by atoms with Gasteiger partial charge in [0.2, 0.25) is 0 Å². The summed E-state index contributed by atoms with van der Waals surface area (Å²) in [6, 6.07) is -1.03. The molecule has 3 N–H and O–H groups in total. The van der Waals surface area contributed by atoms with Crippen molar-refractivity contribution in [2.45, 2.75) is 32.2 Å². The van der Waals surface area contributed by atoms with Crippen LogP contribution in [0.2, 0.25) is 0 Å². The van der Waals surface area contributed by atoms with Crippen LogP contribution in [0.25, 0.3) is 0 Å². The lowest BCUT2D eigenvalue weighted by atomic mass is 10.3. The smallest absolute Gasteiger partial charge is 0.325 e. The molecular formula is C8H17NO4. The fourth-order valence-corrected chi connectivity index (χ4v) is 0.750. The Morgan fingerprint density at radius 1 is 1.54 bits per heavy atom. The van der Waals surface area contributed by atoms with Crippen molar-refractivity contribution in [1.29, 1.82) is 0 Å². The monoisotopic (exact) mass is 191 g/mol. The van der Waals surface area contributed by atoms with Crippen molar-refractivity contribution in [2.24, 2.45) is 0 Å². The van der Waals surface area contributed by atoms with Crippen LogP contribution in [0, 0.1) is 0 Å². The molecule has 0 aromatic carbocycles. The van der Waals surface area contributed by atoms with Crippen molar-refractivity contribution in [2.75, 3.05) is 13.2 Å². The lowest BCUT2D eigenvalue weighted by Crippen LogP contribution is -2.39. The van der Waals surface area contributed by atoms with Gasteiger partial charge in [0.15, 0.2) is 6.04 Å². The van der Waals surface area contributed by atoms with Gasteiger partial charge in [0, 0.05) is 0 Å². The van der Waals surface area contributed by atoms with Gasteiger partial charge in [0.1, 0.15) is 0 Å². The molecule has 0 saturated heterocycles. The fourth-order valence-electron chi connectivity index (χ4n) is 0.750. The van der Waals surface area contributed by atoms with Crippen molar-refractivity contribution in [3.05, 3.63) is 0 Å². The summed E-state index contributed by atoms with van der Waals surface area (Å²) in [4.78, 5) is 15.2. The first-order valence-electron chi connectivity index (χ1n) is 4.43. The highest BCUT2D eigenvalue weighted by molar-refractivity contribution is 5.73. The average molecular weight is 191 g/mol. The number of aliphatic hydroxyl groups is 1. The Kier molecular flexibility index (Phi) is 7.57. The number of carbonyl (C=O) groups is 1. The lowest BCUT2D eigenvalue weighted by Gasteiger charge is -2.10. The van der Waals surface area contributed by atoms with Crippen LogP contribution < -0.4 is 5.48 Å². The first-order chi connectivity index (χ1) is 6.22. The van der Waals surface area contributed by atoms with E-state index in [0.29, 0.717) is 6.61 Å². The molecule has 0 aliphatic heterocycles. The van der Waals surface area contributed by atoms with Gasteiger partial charge in [-0.15, -0.1) is 0 Å². The molecule has 0 aromatic heterocycles. The van der Waals surface area contributed by atoms with Crippen molar-refractivity contribution in [3.8, 4) is 0 Å². The Balaban J connectivity index is 3.33. The van der Waals surface area contributed by atoms with E-state index in [0.717, 1.165) is 19.3 Å². The molecule has 0 aliphatic carbocycles. The molecule has 0 aromatic rings. The minimum absolute atomic E-state index is 0.469. The van der Waals surface area contributed by atoms with Crippen LogP contribution in [0.15, 0.2) is 0 Å². The summed E-state index contributed by atoms with van der Waals surface area (Å²) in [7, 11) is 0. The Bertz CT molecular complexity index is 140. The standard InChI is InChI=1S/C8H17NO4/c1-2-3-4-5-13-9-7(6-10)8(11)12/h7,9-10H,2-6H2,1H3,(H,11,12)/t7-/m0/s1. The molecule has 0 heterocycles. The zero-order valence-corrected chi connectivity index (χ0v) is 7.82. The van der Waals surface area contributed by atoms with Crippen molar-refractivity contribution in [1.82, 2.24) is 5.48 Å². The second-order valence-corrected chi connectivity index (χ2v) is 2.75. The van der Waals surface area contributed by atoms with E-state index in [4.69, 9.17) is 15.1 Å². The molecule has 0 unspecified atom stereocenters. The van der Waals surface area contributed by atoms with Gasteiger partial charge in [0.25, 0.3) is 0 Å². The Hall–Kier alpha value is -0.650. The molecule has 13 heavy (non-hydrogen) atoms. The molecule has 0 bridgehead atoms.